The van der Waals surface area contributed by atoms with Gasteiger partial charge in [-0.1, -0.05) is 19.1 Å². The van der Waals surface area contributed by atoms with Crippen LogP contribution in [0.2, 0.25) is 0 Å². The Bertz CT molecular complexity index is 1640. The fourth-order valence-corrected chi connectivity index (χ4v) is 5.46. The first-order valence-corrected chi connectivity index (χ1v) is 11.7. The first-order chi connectivity index (χ1) is 15.2. The first kappa shape index (κ1) is 20.2. The Labute approximate surface area is 183 Å². The van der Waals surface area contributed by atoms with Gasteiger partial charge in [0.1, 0.15) is 0 Å². The zero-order valence-corrected chi connectivity index (χ0v) is 18.4. The molecule has 2 heterocycles. The Balaban J connectivity index is 1.75. The molecule has 1 aromatic heterocycles. The molecule has 0 saturated carbocycles. The third kappa shape index (κ3) is 2.54. The number of imidazole rings is 1. The van der Waals surface area contributed by atoms with Crippen molar-refractivity contribution in [1.82, 2.24) is 9.13 Å². The van der Waals surface area contributed by atoms with E-state index >= 15 is 0 Å². The van der Waals surface area contributed by atoms with Gasteiger partial charge in [0, 0.05) is 36.0 Å². The third-order valence-corrected chi connectivity index (χ3v) is 7.88. The zero-order chi connectivity index (χ0) is 22.9. The summed E-state index contributed by atoms with van der Waals surface area (Å²) in [6.45, 7) is 1.55. The lowest BCUT2D eigenvalue weighted by molar-refractivity contribution is 0.0893. The summed E-state index contributed by atoms with van der Waals surface area (Å²) in [5.74, 6) is -1.17. The molecule has 0 aliphatic carbocycles. The molecule has 0 bridgehead atoms. The molecule has 3 aromatic carbocycles. The molecule has 0 fully saturated rings. The molecule has 9 heteroatoms. The van der Waals surface area contributed by atoms with Gasteiger partial charge in [-0.3, -0.25) is 18.7 Å². The van der Waals surface area contributed by atoms with Crippen LogP contribution in [0.15, 0.2) is 58.2 Å². The van der Waals surface area contributed by atoms with Crippen LogP contribution in [-0.4, -0.2) is 35.1 Å². The van der Waals surface area contributed by atoms with Crippen LogP contribution in [0.5, 0.6) is 0 Å². The molecule has 8 nitrogen and oxygen atoms in total. The quantitative estimate of drug-likeness (QED) is 0.448. The second kappa shape index (κ2) is 6.64. The van der Waals surface area contributed by atoms with Gasteiger partial charge in [-0.15, -0.1) is 0 Å². The van der Waals surface area contributed by atoms with Crippen LogP contribution in [0.1, 0.15) is 27.6 Å². The highest BCUT2D eigenvalue weighted by molar-refractivity contribution is 7.91. The molecule has 0 saturated heterocycles. The number of imide groups is 1. The number of carbonyl (C=O) groups excluding carboxylic acids is 2. The lowest BCUT2D eigenvalue weighted by atomic mass is 9.93. The number of benzene rings is 3. The van der Waals surface area contributed by atoms with Crippen molar-refractivity contribution in [3.63, 3.8) is 0 Å². The second-order valence-electron chi connectivity index (χ2n) is 7.76. The van der Waals surface area contributed by atoms with E-state index in [-0.39, 0.29) is 27.5 Å². The topological polar surface area (TPSA) is 98.4 Å². The van der Waals surface area contributed by atoms with E-state index in [0.29, 0.717) is 27.5 Å². The van der Waals surface area contributed by atoms with Crippen LogP contribution in [0, 0.1) is 0 Å². The summed E-state index contributed by atoms with van der Waals surface area (Å²) in [5, 5.41) is 0.713. The van der Waals surface area contributed by atoms with Gasteiger partial charge in [-0.2, -0.15) is 0 Å². The predicted molar refractivity (Wildman–Crippen MR) is 121 cm³/mol. The number of hydrogen-bond acceptors (Lipinski definition) is 5. The van der Waals surface area contributed by atoms with E-state index in [0.717, 1.165) is 4.90 Å². The molecule has 5 rings (SSSR count). The Morgan fingerprint density at radius 2 is 1.47 bits per heavy atom. The maximum Gasteiger partial charge on any atom is 0.328 e. The summed E-state index contributed by atoms with van der Waals surface area (Å²) >= 11 is 0. The fourth-order valence-electron chi connectivity index (χ4n) is 4.37. The molecular formula is C23H19N3O5S. The van der Waals surface area contributed by atoms with Crippen LogP contribution in [0.3, 0.4) is 0 Å². The first-order valence-electron chi connectivity index (χ1n) is 10.00. The van der Waals surface area contributed by atoms with Crippen LogP contribution in [0.4, 0.5) is 5.69 Å². The molecule has 0 radical (unpaired) electrons. The average Bonchev–Trinajstić information content (AvgIpc) is 3.00. The van der Waals surface area contributed by atoms with Gasteiger partial charge in [0.2, 0.25) is 0 Å². The van der Waals surface area contributed by atoms with Crippen molar-refractivity contribution in [2.24, 2.45) is 14.1 Å². The number of rotatable bonds is 3. The van der Waals surface area contributed by atoms with E-state index in [1.807, 2.05) is 0 Å². The number of carbonyl (C=O) groups is 2. The zero-order valence-electron chi connectivity index (χ0n) is 17.6. The number of aromatic nitrogens is 2. The molecule has 32 heavy (non-hydrogen) atoms. The van der Waals surface area contributed by atoms with Crippen LogP contribution in [-0.2, 0) is 23.9 Å². The lowest BCUT2D eigenvalue weighted by Crippen LogP contribution is -2.40. The number of anilines is 1. The smallest absolute Gasteiger partial charge is 0.295 e. The van der Waals surface area contributed by atoms with Gasteiger partial charge < -0.3 is 0 Å². The monoisotopic (exact) mass is 449 g/mol. The number of nitrogens with zero attached hydrogens (tertiary/aromatic N) is 3. The molecule has 1 aliphatic heterocycles. The van der Waals surface area contributed by atoms with Crippen LogP contribution in [0.25, 0.3) is 21.8 Å². The fraction of sp³-hybridized carbons (Fsp3) is 0.174. The molecular weight excluding hydrogens is 430 g/mol. The minimum absolute atomic E-state index is 0.0878. The number of sulfone groups is 1. The SMILES string of the molecule is CCS(=O)(=O)c1ccc2c3c(cccc13)C(=O)N(c1ccc3c(c1)n(C)c(=O)n3C)C2=O. The molecule has 2 amide bonds. The highest BCUT2D eigenvalue weighted by atomic mass is 32.2. The lowest BCUT2D eigenvalue weighted by Gasteiger charge is -2.28. The Hall–Kier alpha value is -3.72. The molecule has 0 N–H and O–H groups in total. The van der Waals surface area contributed by atoms with E-state index in [9.17, 15) is 22.8 Å². The molecule has 162 valence electrons. The minimum atomic E-state index is -3.54. The van der Waals surface area contributed by atoms with Crippen molar-refractivity contribution in [3.05, 3.63) is 70.1 Å². The number of fused-ring (bicyclic) bond motifs is 1. The normalized spacial score (nSPS) is 14.0. The summed E-state index contributed by atoms with van der Waals surface area (Å²) in [7, 11) is -0.267. The highest BCUT2D eigenvalue weighted by Gasteiger charge is 2.35. The van der Waals surface area contributed by atoms with E-state index < -0.39 is 21.7 Å². The third-order valence-electron chi connectivity index (χ3n) is 6.10. The van der Waals surface area contributed by atoms with Gasteiger partial charge in [-0.25, -0.2) is 18.1 Å². The van der Waals surface area contributed by atoms with Crippen LogP contribution < -0.4 is 10.6 Å². The van der Waals surface area contributed by atoms with Crippen LogP contribution >= 0.6 is 0 Å². The van der Waals surface area contributed by atoms with E-state index in [4.69, 9.17) is 0 Å². The van der Waals surface area contributed by atoms with Gasteiger partial charge in [-0.05, 0) is 36.4 Å². The maximum absolute atomic E-state index is 13.4. The van der Waals surface area contributed by atoms with Crippen molar-refractivity contribution < 1.29 is 18.0 Å². The van der Waals surface area contributed by atoms with Gasteiger partial charge >= 0.3 is 5.69 Å². The van der Waals surface area contributed by atoms with Crippen molar-refractivity contribution in [1.29, 1.82) is 0 Å². The number of hydrogen-bond donors (Lipinski definition) is 0. The van der Waals surface area contributed by atoms with E-state index in [1.165, 1.54) is 21.3 Å². The summed E-state index contributed by atoms with van der Waals surface area (Å²) in [6.07, 6.45) is 0. The molecule has 4 aromatic rings. The van der Waals surface area contributed by atoms with Gasteiger partial charge in [0.05, 0.1) is 27.4 Å². The minimum Gasteiger partial charge on any atom is -0.295 e. The maximum atomic E-state index is 13.4. The second-order valence-corrected chi connectivity index (χ2v) is 10.0. The standard InChI is InChI=1S/C23H19N3O5S/c1-4-32(30,31)19-11-9-16-20-14(19)6-5-7-15(20)21(27)26(22(16)28)13-8-10-17-18(12-13)25(3)23(29)24(17)2/h5-12H,4H2,1-3H3. The Morgan fingerprint density at radius 3 is 2.16 bits per heavy atom. The molecule has 0 spiro atoms. The number of amides is 2. The van der Waals surface area contributed by atoms with Crippen molar-refractivity contribution in [2.75, 3.05) is 10.7 Å². The summed E-state index contributed by atoms with van der Waals surface area (Å²) in [6, 6.07) is 12.7. The largest absolute Gasteiger partial charge is 0.328 e. The summed E-state index contributed by atoms with van der Waals surface area (Å²) in [4.78, 5) is 40.3. The summed E-state index contributed by atoms with van der Waals surface area (Å²) in [5.41, 5.74) is 1.90. The van der Waals surface area contributed by atoms with E-state index in [1.54, 1.807) is 57.4 Å². The molecule has 1 aliphatic rings. The Morgan fingerprint density at radius 1 is 0.812 bits per heavy atom. The van der Waals surface area contributed by atoms with Crippen molar-refractivity contribution >= 4 is 49.1 Å². The van der Waals surface area contributed by atoms with Gasteiger partial charge in [0.15, 0.2) is 9.84 Å². The Kier molecular flexibility index (Phi) is 4.19. The van der Waals surface area contributed by atoms with Crippen molar-refractivity contribution in [2.45, 2.75) is 11.8 Å². The predicted octanol–water partition coefficient (Wildman–Crippen LogP) is 2.62. The average molecular weight is 449 g/mol. The molecule has 0 unspecified atom stereocenters. The van der Waals surface area contributed by atoms with Crippen molar-refractivity contribution in [3.8, 4) is 0 Å². The molecule has 0 atom stereocenters. The highest BCUT2D eigenvalue weighted by Crippen LogP contribution is 2.36. The van der Waals surface area contributed by atoms with E-state index in [2.05, 4.69) is 0 Å². The summed E-state index contributed by atoms with van der Waals surface area (Å²) < 4.78 is 28.1. The number of aryl methyl sites for hydroxylation is 2. The van der Waals surface area contributed by atoms with Gasteiger partial charge in [0.25, 0.3) is 11.8 Å².